The van der Waals surface area contributed by atoms with E-state index in [0.717, 1.165) is 9.87 Å². The van der Waals surface area contributed by atoms with Gasteiger partial charge in [0.05, 0.1) is 32.2 Å². The van der Waals surface area contributed by atoms with Crippen LogP contribution in [0.25, 0.3) is 0 Å². The normalized spacial score (nSPS) is 22.2. The molecule has 1 aliphatic rings. The van der Waals surface area contributed by atoms with Crippen LogP contribution in [0.15, 0.2) is 30.3 Å². The van der Waals surface area contributed by atoms with Crippen molar-refractivity contribution >= 4 is 16.0 Å². The highest BCUT2D eigenvalue weighted by Gasteiger charge is 2.43. The number of benzene rings is 1. The van der Waals surface area contributed by atoms with Crippen LogP contribution in [-0.2, 0) is 30.9 Å². The van der Waals surface area contributed by atoms with Crippen molar-refractivity contribution in [1.82, 2.24) is 4.31 Å². The number of sulfonamides is 1. The third-order valence-electron chi connectivity index (χ3n) is 3.66. The Morgan fingerprint density at radius 1 is 1.35 bits per heavy atom. The van der Waals surface area contributed by atoms with Gasteiger partial charge in [0.15, 0.2) is 0 Å². The first kappa shape index (κ1) is 17.9. The van der Waals surface area contributed by atoms with E-state index in [1.165, 1.54) is 7.11 Å². The molecule has 0 aliphatic carbocycles. The summed E-state index contributed by atoms with van der Waals surface area (Å²) in [7, 11) is -2.51. The van der Waals surface area contributed by atoms with Crippen LogP contribution in [0.5, 0.6) is 0 Å². The van der Waals surface area contributed by atoms with E-state index in [4.69, 9.17) is 4.74 Å². The molecule has 0 bridgehead atoms. The molecule has 1 saturated heterocycles. The molecule has 1 heterocycles. The predicted octanol–water partition coefficient (Wildman–Crippen LogP) is 0.141. The number of esters is 1. The molecular weight excluding hydrogens is 322 g/mol. The molecule has 2 atom stereocenters. The van der Waals surface area contributed by atoms with Crippen molar-refractivity contribution in [1.29, 1.82) is 0 Å². The number of methoxy groups -OCH3 is 1. The molecule has 0 radical (unpaired) electrons. The van der Waals surface area contributed by atoms with Gasteiger partial charge in [0.1, 0.15) is 6.04 Å². The van der Waals surface area contributed by atoms with Crippen molar-refractivity contribution in [3.8, 4) is 0 Å². The smallest absolute Gasteiger partial charge is 0.324 e. The quantitative estimate of drug-likeness (QED) is 0.559. The Labute approximate surface area is 135 Å². The predicted molar refractivity (Wildman–Crippen MR) is 83.0 cm³/mol. The molecule has 1 aromatic rings. The second-order valence-corrected chi connectivity index (χ2v) is 7.39. The van der Waals surface area contributed by atoms with Crippen LogP contribution in [-0.4, -0.2) is 62.0 Å². The first-order valence-corrected chi connectivity index (χ1v) is 8.92. The SMILES string of the molecule is COC(=O)C1CC(O)CN1S(=O)(=O)CCOCc1ccccc1. The maximum atomic E-state index is 12.3. The van der Waals surface area contributed by atoms with Gasteiger partial charge in [0.2, 0.25) is 10.0 Å². The number of ether oxygens (including phenoxy) is 2. The zero-order valence-electron chi connectivity index (χ0n) is 12.9. The Morgan fingerprint density at radius 2 is 2.04 bits per heavy atom. The first-order chi connectivity index (χ1) is 10.9. The van der Waals surface area contributed by atoms with Crippen LogP contribution in [0.3, 0.4) is 0 Å². The van der Waals surface area contributed by atoms with Crippen LogP contribution in [0.2, 0.25) is 0 Å². The van der Waals surface area contributed by atoms with Crippen molar-refractivity contribution < 1.29 is 27.8 Å². The molecule has 1 N–H and O–H groups in total. The number of hydrogen-bond donors (Lipinski definition) is 1. The van der Waals surface area contributed by atoms with Crippen molar-refractivity contribution in [2.24, 2.45) is 0 Å². The minimum absolute atomic E-state index is 0.0116. The monoisotopic (exact) mass is 343 g/mol. The Balaban J connectivity index is 1.89. The van der Waals surface area contributed by atoms with Crippen molar-refractivity contribution in [3.63, 3.8) is 0 Å². The van der Waals surface area contributed by atoms with Crippen LogP contribution < -0.4 is 0 Å². The van der Waals surface area contributed by atoms with Gasteiger partial charge in [-0.2, -0.15) is 4.31 Å². The van der Waals surface area contributed by atoms with E-state index in [2.05, 4.69) is 4.74 Å². The van der Waals surface area contributed by atoms with Crippen molar-refractivity contribution in [2.75, 3.05) is 26.0 Å². The fourth-order valence-electron chi connectivity index (χ4n) is 2.49. The topological polar surface area (TPSA) is 93.1 Å². The molecule has 2 rings (SSSR count). The molecule has 128 valence electrons. The Bertz CT molecular complexity index is 618. The van der Waals surface area contributed by atoms with Crippen molar-refractivity contribution in [3.05, 3.63) is 35.9 Å². The summed E-state index contributed by atoms with van der Waals surface area (Å²) in [5.41, 5.74) is 0.953. The minimum Gasteiger partial charge on any atom is -0.468 e. The zero-order valence-corrected chi connectivity index (χ0v) is 13.7. The molecule has 0 amide bonds. The van der Waals surface area contributed by atoms with Gasteiger partial charge in [-0.1, -0.05) is 30.3 Å². The molecule has 0 saturated carbocycles. The largest absolute Gasteiger partial charge is 0.468 e. The minimum atomic E-state index is -3.70. The molecule has 0 spiro atoms. The summed E-state index contributed by atoms with van der Waals surface area (Å²) < 4.78 is 35.7. The van der Waals surface area contributed by atoms with Gasteiger partial charge >= 0.3 is 5.97 Å². The molecule has 8 heteroatoms. The van der Waals surface area contributed by atoms with Gasteiger partial charge in [-0.3, -0.25) is 4.79 Å². The lowest BCUT2D eigenvalue weighted by molar-refractivity contribution is -0.144. The highest BCUT2D eigenvalue weighted by atomic mass is 32.2. The van der Waals surface area contributed by atoms with Crippen LogP contribution in [0.1, 0.15) is 12.0 Å². The third kappa shape index (κ3) is 4.74. The molecule has 1 aromatic carbocycles. The summed E-state index contributed by atoms with van der Waals surface area (Å²) in [4.78, 5) is 11.7. The van der Waals surface area contributed by atoms with Crippen LogP contribution in [0.4, 0.5) is 0 Å². The highest BCUT2D eigenvalue weighted by molar-refractivity contribution is 7.89. The summed E-state index contributed by atoms with van der Waals surface area (Å²) in [5, 5.41) is 9.65. The Kier molecular flexibility index (Phi) is 6.11. The van der Waals surface area contributed by atoms with E-state index in [1.807, 2.05) is 30.3 Å². The van der Waals surface area contributed by atoms with Gasteiger partial charge in [0.25, 0.3) is 0 Å². The number of aliphatic hydroxyl groups excluding tert-OH is 1. The third-order valence-corrected chi connectivity index (χ3v) is 5.46. The molecule has 1 aliphatic heterocycles. The number of hydrogen-bond acceptors (Lipinski definition) is 6. The zero-order chi connectivity index (χ0) is 16.9. The second-order valence-electron chi connectivity index (χ2n) is 5.35. The van der Waals surface area contributed by atoms with E-state index >= 15 is 0 Å². The molecular formula is C15H21NO6S. The van der Waals surface area contributed by atoms with Crippen LogP contribution >= 0.6 is 0 Å². The second kappa shape index (κ2) is 7.87. The van der Waals surface area contributed by atoms with Gasteiger partial charge in [-0.25, -0.2) is 8.42 Å². The maximum absolute atomic E-state index is 12.3. The van der Waals surface area contributed by atoms with Gasteiger partial charge in [0, 0.05) is 13.0 Å². The highest BCUT2D eigenvalue weighted by Crippen LogP contribution is 2.23. The number of nitrogens with zero attached hydrogens (tertiary/aromatic N) is 1. The summed E-state index contributed by atoms with van der Waals surface area (Å²) in [6.07, 6.45) is -0.810. The number of rotatable bonds is 7. The van der Waals surface area contributed by atoms with E-state index in [1.54, 1.807) is 0 Å². The molecule has 2 unspecified atom stereocenters. The van der Waals surface area contributed by atoms with Gasteiger partial charge in [-0.15, -0.1) is 0 Å². The average molecular weight is 343 g/mol. The summed E-state index contributed by atoms with van der Waals surface area (Å²) in [5.74, 6) is -0.907. The van der Waals surface area contributed by atoms with Crippen LogP contribution in [0, 0.1) is 0 Å². The Morgan fingerprint density at radius 3 is 2.70 bits per heavy atom. The molecule has 0 aromatic heterocycles. The molecule has 23 heavy (non-hydrogen) atoms. The standard InChI is InChI=1S/C15H21NO6S/c1-21-15(18)14-9-13(17)10-16(14)23(19,20)8-7-22-11-12-5-3-2-4-6-12/h2-6,13-14,17H,7-11H2,1H3. The fourth-order valence-corrected chi connectivity index (χ4v) is 4.01. The summed E-state index contributed by atoms with van der Waals surface area (Å²) in [6.45, 7) is 0.234. The number of aliphatic hydroxyl groups is 1. The van der Waals surface area contributed by atoms with E-state index < -0.39 is 28.1 Å². The summed E-state index contributed by atoms with van der Waals surface area (Å²) in [6, 6.07) is 8.45. The number of β-amino-alcohol motifs (C(OH)–C–C–N with tert-alkyl or cyclic N) is 1. The molecule has 1 fully saturated rings. The average Bonchev–Trinajstić information content (AvgIpc) is 2.95. The van der Waals surface area contributed by atoms with E-state index in [0.29, 0.717) is 6.61 Å². The maximum Gasteiger partial charge on any atom is 0.324 e. The molecule has 7 nitrogen and oxygen atoms in total. The van der Waals surface area contributed by atoms with Crippen molar-refractivity contribution in [2.45, 2.75) is 25.2 Å². The Hall–Kier alpha value is -1.48. The van der Waals surface area contributed by atoms with E-state index in [9.17, 15) is 18.3 Å². The van der Waals surface area contributed by atoms with Gasteiger partial charge < -0.3 is 14.6 Å². The number of carbonyl (C=O) groups is 1. The lowest BCUT2D eigenvalue weighted by Crippen LogP contribution is -2.43. The lowest BCUT2D eigenvalue weighted by atomic mass is 10.2. The summed E-state index contributed by atoms with van der Waals surface area (Å²) >= 11 is 0. The number of carbonyl (C=O) groups excluding carboxylic acids is 1. The van der Waals surface area contributed by atoms with E-state index in [-0.39, 0.29) is 25.3 Å². The lowest BCUT2D eigenvalue weighted by Gasteiger charge is -2.21. The van der Waals surface area contributed by atoms with Gasteiger partial charge in [-0.05, 0) is 5.56 Å². The first-order valence-electron chi connectivity index (χ1n) is 7.31. The fraction of sp³-hybridized carbons (Fsp3) is 0.533.